The molecule has 0 atom stereocenters. The summed E-state index contributed by atoms with van der Waals surface area (Å²) in [5.41, 5.74) is 4.80. The third-order valence-electron chi connectivity index (χ3n) is 3.44. The van der Waals surface area contributed by atoms with Crippen molar-refractivity contribution in [3.63, 3.8) is 0 Å². The standard InChI is InChI=1S/C18H22BrNO2/c1-5-22-17-10-14(9-15(19)18(17)21-4)11-20-16-7-6-12(2)8-13(16)3/h6-10,20H,5,11H2,1-4H3. The molecule has 4 heteroatoms. The van der Waals surface area contributed by atoms with Gasteiger partial charge in [-0.2, -0.15) is 0 Å². The molecule has 0 bridgehead atoms. The number of aryl methyl sites for hydroxylation is 2. The fourth-order valence-corrected chi connectivity index (χ4v) is 3.05. The first-order valence-electron chi connectivity index (χ1n) is 7.35. The molecule has 0 fully saturated rings. The molecule has 3 nitrogen and oxygen atoms in total. The maximum absolute atomic E-state index is 5.66. The smallest absolute Gasteiger partial charge is 0.174 e. The predicted octanol–water partition coefficient (Wildman–Crippen LogP) is 5.09. The number of nitrogens with one attached hydrogen (secondary N) is 1. The van der Waals surface area contributed by atoms with Crippen LogP contribution in [-0.2, 0) is 6.54 Å². The second kappa shape index (κ2) is 7.54. The molecule has 0 amide bonds. The second-order valence-electron chi connectivity index (χ2n) is 5.21. The number of rotatable bonds is 6. The van der Waals surface area contributed by atoms with Crippen LogP contribution in [0.3, 0.4) is 0 Å². The van der Waals surface area contributed by atoms with Gasteiger partial charge in [0.05, 0.1) is 18.2 Å². The van der Waals surface area contributed by atoms with Crippen molar-refractivity contribution in [1.29, 1.82) is 0 Å². The minimum Gasteiger partial charge on any atom is -0.492 e. The van der Waals surface area contributed by atoms with E-state index >= 15 is 0 Å². The molecule has 2 aromatic carbocycles. The maximum Gasteiger partial charge on any atom is 0.174 e. The molecule has 0 aliphatic heterocycles. The molecule has 22 heavy (non-hydrogen) atoms. The first kappa shape index (κ1) is 16.7. The van der Waals surface area contributed by atoms with Crippen molar-refractivity contribution in [2.75, 3.05) is 19.0 Å². The van der Waals surface area contributed by atoms with Crippen LogP contribution in [0, 0.1) is 13.8 Å². The summed E-state index contributed by atoms with van der Waals surface area (Å²) in [6.45, 7) is 7.52. The van der Waals surface area contributed by atoms with E-state index in [0.29, 0.717) is 6.61 Å². The quantitative estimate of drug-likeness (QED) is 0.775. The van der Waals surface area contributed by atoms with Gasteiger partial charge in [0, 0.05) is 12.2 Å². The van der Waals surface area contributed by atoms with Gasteiger partial charge in [-0.15, -0.1) is 0 Å². The van der Waals surface area contributed by atoms with E-state index in [-0.39, 0.29) is 0 Å². The van der Waals surface area contributed by atoms with Gasteiger partial charge < -0.3 is 14.8 Å². The minimum atomic E-state index is 0.608. The van der Waals surface area contributed by atoms with Crippen molar-refractivity contribution in [2.45, 2.75) is 27.3 Å². The first-order valence-corrected chi connectivity index (χ1v) is 8.14. The van der Waals surface area contributed by atoms with Crippen LogP contribution in [0.1, 0.15) is 23.6 Å². The summed E-state index contributed by atoms with van der Waals surface area (Å²) < 4.78 is 11.9. The van der Waals surface area contributed by atoms with Crippen molar-refractivity contribution in [3.05, 3.63) is 51.5 Å². The van der Waals surface area contributed by atoms with E-state index in [1.807, 2.05) is 13.0 Å². The molecular formula is C18H22BrNO2. The fourth-order valence-electron chi connectivity index (χ4n) is 2.39. The van der Waals surface area contributed by atoms with Gasteiger partial charge in [0.1, 0.15) is 0 Å². The van der Waals surface area contributed by atoms with E-state index in [1.165, 1.54) is 11.1 Å². The molecule has 0 spiro atoms. The SMILES string of the molecule is CCOc1cc(CNc2ccc(C)cc2C)cc(Br)c1OC. The highest BCUT2D eigenvalue weighted by Gasteiger charge is 2.11. The van der Waals surface area contributed by atoms with Gasteiger partial charge in [-0.05, 0) is 66.0 Å². The Balaban J connectivity index is 2.19. The second-order valence-corrected chi connectivity index (χ2v) is 6.07. The van der Waals surface area contributed by atoms with Crippen LogP contribution in [-0.4, -0.2) is 13.7 Å². The zero-order chi connectivity index (χ0) is 16.1. The van der Waals surface area contributed by atoms with Crippen LogP contribution in [0.4, 0.5) is 5.69 Å². The summed E-state index contributed by atoms with van der Waals surface area (Å²) >= 11 is 3.55. The van der Waals surface area contributed by atoms with E-state index in [9.17, 15) is 0 Å². The van der Waals surface area contributed by atoms with Gasteiger partial charge >= 0.3 is 0 Å². The van der Waals surface area contributed by atoms with Gasteiger partial charge in [0.2, 0.25) is 0 Å². The van der Waals surface area contributed by atoms with E-state index in [0.717, 1.165) is 33.8 Å². The molecule has 118 valence electrons. The number of hydrogen-bond donors (Lipinski definition) is 1. The topological polar surface area (TPSA) is 30.5 Å². The molecule has 0 radical (unpaired) electrons. The lowest BCUT2D eigenvalue weighted by Gasteiger charge is -2.15. The Labute approximate surface area is 140 Å². The summed E-state index contributed by atoms with van der Waals surface area (Å²) in [6.07, 6.45) is 0. The molecule has 0 heterocycles. The highest BCUT2D eigenvalue weighted by Crippen LogP contribution is 2.36. The van der Waals surface area contributed by atoms with Gasteiger partial charge in [0.15, 0.2) is 11.5 Å². The van der Waals surface area contributed by atoms with Crippen molar-refractivity contribution >= 4 is 21.6 Å². The Morgan fingerprint density at radius 3 is 2.55 bits per heavy atom. The molecule has 2 aromatic rings. The average molecular weight is 364 g/mol. The molecule has 0 unspecified atom stereocenters. The van der Waals surface area contributed by atoms with Crippen molar-refractivity contribution in [2.24, 2.45) is 0 Å². The highest BCUT2D eigenvalue weighted by molar-refractivity contribution is 9.10. The summed E-state index contributed by atoms with van der Waals surface area (Å²) in [6, 6.07) is 10.5. The summed E-state index contributed by atoms with van der Waals surface area (Å²) in [5.74, 6) is 1.49. The van der Waals surface area contributed by atoms with Crippen LogP contribution >= 0.6 is 15.9 Å². The zero-order valence-corrected chi connectivity index (χ0v) is 15.1. The Morgan fingerprint density at radius 2 is 1.91 bits per heavy atom. The number of hydrogen-bond acceptors (Lipinski definition) is 3. The summed E-state index contributed by atoms with van der Waals surface area (Å²) in [5, 5.41) is 3.47. The Morgan fingerprint density at radius 1 is 1.14 bits per heavy atom. The lowest BCUT2D eigenvalue weighted by atomic mass is 10.1. The zero-order valence-electron chi connectivity index (χ0n) is 13.5. The molecule has 1 N–H and O–H groups in total. The average Bonchev–Trinajstić information content (AvgIpc) is 2.46. The van der Waals surface area contributed by atoms with Crippen LogP contribution in [0.15, 0.2) is 34.8 Å². The van der Waals surface area contributed by atoms with E-state index in [4.69, 9.17) is 9.47 Å². The molecular weight excluding hydrogens is 342 g/mol. The minimum absolute atomic E-state index is 0.608. The third kappa shape index (κ3) is 3.95. The van der Waals surface area contributed by atoms with Gasteiger partial charge in [-0.1, -0.05) is 17.7 Å². The van der Waals surface area contributed by atoms with E-state index in [2.05, 4.69) is 59.4 Å². The van der Waals surface area contributed by atoms with E-state index < -0.39 is 0 Å². The summed E-state index contributed by atoms with van der Waals surface area (Å²) in [4.78, 5) is 0. The lowest BCUT2D eigenvalue weighted by Crippen LogP contribution is -2.03. The Bertz CT molecular complexity index is 656. The predicted molar refractivity (Wildman–Crippen MR) is 95.1 cm³/mol. The molecule has 0 aliphatic rings. The van der Waals surface area contributed by atoms with Crippen LogP contribution in [0.5, 0.6) is 11.5 Å². The Kier molecular flexibility index (Phi) is 5.72. The van der Waals surface area contributed by atoms with Crippen LogP contribution in [0.2, 0.25) is 0 Å². The third-order valence-corrected chi connectivity index (χ3v) is 4.03. The lowest BCUT2D eigenvalue weighted by molar-refractivity contribution is 0.309. The van der Waals surface area contributed by atoms with E-state index in [1.54, 1.807) is 7.11 Å². The van der Waals surface area contributed by atoms with Crippen LogP contribution in [0.25, 0.3) is 0 Å². The number of ether oxygens (including phenoxy) is 2. The van der Waals surface area contributed by atoms with Gasteiger partial charge in [0.25, 0.3) is 0 Å². The van der Waals surface area contributed by atoms with Gasteiger partial charge in [-0.3, -0.25) is 0 Å². The fraction of sp³-hybridized carbons (Fsp3) is 0.333. The molecule has 0 aromatic heterocycles. The van der Waals surface area contributed by atoms with Crippen molar-refractivity contribution in [1.82, 2.24) is 0 Å². The largest absolute Gasteiger partial charge is 0.492 e. The molecule has 0 saturated heterocycles. The Hall–Kier alpha value is -1.68. The molecule has 0 saturated carbocycles. The normalized spacial score (nSPS) is 10.4. The first-order chi connectivity index (χ1) is 10.5. The number of anilines is 1. The monoisotopic (exact) mass is 363 g/mol. The highest BCUT2D eigenvalue weighted by atomic mass is 79.9. The van der Waals surface area contributed by atoms with Crippen molar-refractivity contribution < 1.29 is 9.47 Å². The number of methoxy groups -OCH3 is 1. The number of halogens is 1. The summed E-state index contributed by atoms with van der Waals surface area (Å²) in [7, 11) is 1.65. The molecule has 2 rings (SSSR count). The number of benzene rings is 2. The van der Waals surface area contributed by atoms with Gasteiger partial charge in [-0.25, -0.2) is 0 Å². The molecule has 0 aliphatic carbocycles. The van der Waals surface area contributed by atoms with Crippen molar-refractivity contribution in [3.8, 4) is 11.5 Å². The van der Waals surface area contributed by atoms with Crippen LogP contribution < -0.4 is 14.8 Å². The maximum atomic E-state index is 5.66.